The van der Waals surface area contributed by atoms with Crippen molar-refractivity contribution in [2.24, 2.45) is 11.8 Å². The Hall–Kier alpha value is -0.610. The Kier molecular flexibility index (Phi) is 28.1. The highest BCUT2D eigenvalue weighted by Crippen LogP contribution is 2.34. The van der Waals surface area contributed by atoms with Crippen LogP contribution < -0.4 is 0 Å². The van der Waals surface area contributed by atoms with Gasteiger partial charge in [0.15, 0.2) is 0 Å². The molecule has 0 radical (unpaired) electrons. The summed E-state index contributed by atoms with van der Waals surface area (Å²) >= 11 is 0. The molecule has 0 aliphatic carbocycles. The standard InChI is InChI=1S/C36H73NO3/c1-6-11-14-15-16-17-18-19-20-22-24-33(27-29-35(38)30-31-36(39)40)32(23-13-8-3)26-28-34(25-21-12-7-2)37(9-4)10-5/h32-35,38H,6-31H2,1-5H3,(H,39,40). The number of aliphatic hydroxyl groups excluding tert-OH is 1. The minimum Gasteiger partial charge on any atom is -0.481 e. The number of nitrogens with zero attached hydrogens (tertiary/aromatic N) is 1. The van der Waals surface area contributed by atoms with Crippen LogP contribution in [0.3, 0.4) is 0 Å². The van der Waals surface area contributed by atoms with Crippen LogP contribution in [0.25, 0.3) is 0 Å². The maximum absolute atomic E-state index is 11.0. The second-order valence-corrected chi connectivity index (χ2v) is 12.7. The highest BCUT2D eigenvalue weighted by molar-refractivity contribution is 5.66. The first-order chi connectivity index (χ1) is 19.4. The number of aliphatic hydroxyl groups is 1. The van der Waals surface area contributed by atoms with Crippen molar-refractivity contribution in [3.63, 3.8) is 0 Å². The van der Waals surface area contributed by atoms with Gasteiger partial charge in [0, 0.05) is 12.5 Å². The third-order valence-electron chi connectivity index (χ3n) is 9.43. The molecule has 40 heavy (non-hydrogen) atoms. The first-order valence-corrected chi connectivity index (χ1v) is 18.1. The quantitative estimate of drug-likeness (QED) is 0.0818. The second-order valence-electron chi connectivity index (χ2n) is 12.7. The van der Waals surface area contributed by atoms with E-state index in [1.54, 1.807) is 0 Å². The van der Waals surface area contributed by atoms with Gasteiger partial charge in [-0.3, -0.25) is 4.79 Å². The van der Waals surface area contributed by atoms with Crippen molar-refractivity contribution in [2.75, 3.05) is 13.1 Å². The van der Waals surface area contributed by atoms with Crippen LogP contribution in [0.15, 0.2) is 0 Å². The van der Waals surface area contributed by atoms with E-state index in [2.05, 4.69) is 39.5 Å². The van der Waals surface area contributed by atoms with Gasteiger partial charge in [-0.25, -0.2) is 0 Å². The van der Waals surface area contributed by atoms with Gasteiger partial charge in [-0.05, 0) is 63.5 Å². The van der Waals surface area contributed by atoms with E-state index in [0.29, 0.717) is 18.4 Å². The van der Waals surface area contributed by atoms with Crippen molar-refractivity contribution in [3.05, 3.63) is 0 Å². The Morgan fingerprint density at radius 3 is 1.50 bits per heavy atom. The molecular formula is C36H73NO3. The molecule has 0 aliphatic heterocycles. The van der Waals surface area contributed by atoms with Crippen LogP contribution in [0.5, 0.6) is 0 Å². The largest absolute Gasteiger partial charge is 0.481 e. The molecule has 0 fully saturated rings. The van der Waals surface area contributed by atoms with Gasteiger partial charge in [0.1, 0.15) is 0 Å². The van der Waals surface area contributed by atoms with Crippen molar-refractivity contribution >= 4 is 5.97 Å². The fraction of sp³-hybridized carbons (Fsp3) is 0.972. The Morgan fingerprint density at radius 2 is 0.975 bits per heavy atom. The van der Waals surface area contributed by atoms with Crippen molar-refractivity contribution in [1.82, 2.24) is 4.90 Å². The lowest BCUT2D eigenvalue weighted by atomic mass is 9.77. The lowest BCUT2D eigenvalue weighted by Gasteiger charge is -2.34. The average molecular weight is 568 g/mol. The molecule has 0 rings (SSSR count). The number of rotatable bonds is 31. The number of carboxylic acids is 1. The molecule has 0 aromatic heterocycles. The van der Waals surface area contributed by atoms with Gasteiger partial charge >= 0.3 is 5.97 Å². The van der Waals surface area contributed by atoms with Crippen LogP contribution in [0.1, 0.15) is 189 Å². The summed E-state index contributed by atoms with van der Waals surface area (Å²) in [4.78, 5) is 13.7. The molecule has 0 aromatic rings. The van der Waals surface area contributed by atoms with Crippen molar-refractivity contribution < 1.29 is 15.0 Å². The van der Waals surface area contributed by atoms with E-state index < -0.39 is 12.1 Å². The fourth-order valence-corrected chi connectivity index (χ4v) is 6.72. The predicted octanol–water partition coefficient (Wildman–Crippen LogP) is 10.8. The summed E-state index contributed by atoms with van der Waals surface area (Å²) in [5, 5.41) is 19.6. The number of aliphatic carboxylic acids is 1. The molecule has 0 saturated heterocycles. The van der Waals surface area contributed by atoms with Crippen LogP contribution in [-0.2, 0) is 4.79 Å². The van der Waals surface area contributed by atoms with E-state index in [4.69, 9.17) is 5.11 Å². The van der Waals surface area contributed by atoms with Gasteiger partial charge in [-0.1, -0.05) is 144 Å². The SMILES string of the molecule is CCCCCCCCCCCCC(CCC(O)CCC(=O)O)C(CCCC)CCC(CCCCC)N(CC)CC. The summed E-state index contributed by atoms with van der Waals surface area (Å²) in [7, 11) is 0. The van der Waals surface area contributed by atoms with E-state index >= 15 is 0 Å². The lowest BCUT2D eigenvalue weighted by molar-refractivity contribution is -0.137. The first-order valence-electron chi connectivity index (χ1n) is 18.1. The maximum atomic E-state index is 11.0. The van der Waals surface area contributed by atoms with Crippen molar-refractivity contribution in [2.45, 2.75) is 201 Å². The minimum absolute atomic E-state index is 0.0762. The number of carbonyl (C=O) groups is 1. The van der Waals surface area contributed by atoms with Crippen LogP contribution in [0.4, 0.5) is 0 Å². The van der Waals surface area contributed by atoms with Crippen LogP contribution >= 0.6 is 0 Å². The van der Waals surface area contributed by atoms with Gasteiger partial charge in [0.2, 0.25) is 0 Å². The van der Waals surface area contributed by atoms with Gasteiger partial charge < -0.3 is 15.1 Å². The Bertz CT molecular complexity index is 536. The molecule has 0 heterocycles. The molecule has 240 valence electrons. The fourth-order valence-electron chi connectivity index (χ4n) is 6.72. The molecule has 0 aliphatic rings. The summed E-state index contributed by atoms with van der Waals surface area (Å²) in [5.74, 6) is 0.592. The Labute approximate surface area is 251 Å². The van der Waals surface area contributed by atoms with Crippen LogP contribution in [0, 0.1) is 11.8 Å². The zero-order valence-corrected chi connectivity index (χ0v) is 27.9. The molecular weight excluding hydrogens is 494 g/mol. The monoisotopic (exact) mass is 568 g/mol. The summed E-state index contributed by atoms with van der Waals surface area (Å²) in [5.41, 5.74) is 0. The molecule has 0 saturated carbocycles. The number of hydrogen-bond donors (Lipinski definition) is 2. The van der Waals surface area contributed by atoms with E-state index in [9.17, 15) is 9.90 Å². The third-order valence-corrected chi connectivity index (χ3v) is 9.43. The lowest BCUT2D eigenvalue weighted by Crippen LogP contribution is -2.35. The van der Waals surface area contributed by atoms with Gasteiger partial charge in [-0.15, -0.1) is 0 Å². The zero-order valence-electron chi connectivity index (χ0n) is 27.9. The molecule has 0 spiro atoms. The third kappa shape index (κ3) is 22.0. The van der Waals surface area contributed by atoms with Gasteiger partial charge in [0.25, 0.3) is 0 Å². The van der Waals surface area contributed by atoms with E-state index in [1.807, 2.05) is 0 Å². The van der Waals surface area contributed by atoms with E-state index in [1.165, 1.54) is 128 Å². The summed E-state index contributed by atoms with van der Waals surface area (Å²) in [6.45, 7) is 13.8. The molecule has 0 amide bonds. The minimum atomic E-state index is -0.799. The molecule has 0 bridgehead atoms. The van der Waals surface area contributed by atoms with Crippen molar-refractivity contribution in [1.29, 1.82) is 0 Å². The van der Waals surface area contributed by atoms with Gasteiger partial charge in [0.05, 0.1) is 6.10 Å². The van der Waals surface area contributed by atoms with E-state index in [-0.39, 0.29) is 6.42 Å². The zero-order chi connectivity index (χ0) is 29.8. The summed E-state index contributed by atoms with van der Waals surface area (Å²) in [6, 6.07) is 0.699. The Balaban J connectivity index is 5.13. The topological polar surface area (TPSA) is 60.8 Å². The Morgan fingerprint density at radius 1 is 0.525 bits per heavy atom. The molecule has 4 nitrogen and oxygen atoms in total. The average Bonchev–Trinajstić information content (AvgIpc) is 2.95. The highest BCUT2D eigenvalue weighted by atomic mass is 16.4. The molecule has 4 unspecified atom stereocenters. The summed E-state index contributed by atoms with van der Waals surface area (Å²) < 4.78 is 0. The van der Waals surface area contributed by atoms with Crippen LogP contribution in [0.2, 0.25) is 0 Å². The maximum Gasteiger partial charge on any atom is 0.303 e. The molecule has 4 atom stereocenters. The van der Waals surface area contributed by atoms with Gasteiger partial charge in [-0.2, -0.15) is 0 Å². The first kappa shape index (κ1) is 39.4. The molecule has 4 heteroatoms. The van der Waals surface area contributed by atoms with E-state index in [0.717, 1.165) is 31.8 Å². The number of carboxylic acid groups (broad SMARTS) is 1. The number of hydrogen-bond acceptors (Lipinski definition) is 3. The highest BCUT2D eigenvalue weighted by Gasteiger charge is 2.25. The molecule has 0 aromatic carbocycles. The molecule has 2 N–H and O–H groups in total. The second kappa shape index (κ2) is 28.5. The summed E-state index contributed by atoms with van der Waals surface area (Å²) in [6.07, 6.45) is 28.6. The number of unbranched alkanes of at least 4 members (excludes halogenated alkanes) is 12. The normalized spacial score (nSPS) is 14.9. The predicted molar refractivity (Wildman–Crippen MR) is 175 cm³/mol. The van der Waals surface area contributed by atoms with Crippen molar-refractivity contribution in [3.8, 4) is 0 Å². The smallest absolute Gasteiger partial charge is 0.303 e. The van der Waals surface area contributed by atoms with Crippen LogP contribution in [-0.4, -0.2) is 46.3 Å².